The van der Waals surface area contributed by atoms with Gasteiger partial charge in [0.1, 0.15) is 0 Å². The van der Waals surface area contributed by atoms with Gasteiger partial charge in [-0.25, -0.2) is 0 Å². The summed E-state index contributed by atoms with van der Waals surface area (Å²) >= 11 is 3.28. The monoisotopic (exact) mass is 286 g/mol. The third kappa shape index (κ3) is 3.50. The molecule has 1 atom stereocenters. The van der Waals surface area contributed by atoms with E-state index < -0.39 is 0 Å². The van der Waals surface area contributed by atoms with Crippen molar-refractivity contribution in [3.63, 3.8) is 0 Å². The molecule has 0 fully saturated rings. The van der Waals surface area contributed by atoms with Crippen LogP contribution in [0.4, 0.5) is 5.69 Å². The Bertz CT molecular complexity index is 382. The second-order valence-corrected chi connectivity index (χ2v) is 4.53. The van der Waals surface area contributed by atoms with Gasteiger partial charge < -0.3 is 16.2 Å². The van der Waals surface area contributed by atoms with Crippen molar-refractivity contribution in [3.05, 3.63) is 28.2 Å². The summed E-state index contributed by atoms with van der Waals surface area (Å²) in [5, 5.41) is 11.5. The predicted molar refractivity (Wildman–Crippen MR) is 67.2 cm³/mol. The standard InChI is InChI=1S/C11H15BrN2O2/c1-7(4-5-15)14-11(16)9-3-2-8(12)6-10(9)13/h2-3,6-7,15H,4-5,13H2,1H3,(H,14,16). The fraction of sp³-hybridized carbons (Fsp3) is 0.364. The number of amides is 1. The molecule has 0 heterocycles. The summed E-state index contributed by atoms with van der Waals surface area (Å²) in [6, 6.07) is 5.05. The molecule has 1 unspecified atom stereocenters. The highest BCUT2D eigenvalue weighted by Gasteiger charge is 2.12. The van der Waals surface area contributed by atoms with Crippen LogP contribution in [-0.2, 0) is 0 Å². The molecule has 0 aliphatic heterocycles. The topological polar surface area (TPSA) is 75.3 Å². The van der Waals surface area contributed by atoms with E-state index in [-0.39, 0.29) is 18.6 Å². The second kappa shape index (κ2) is 5.86. The number of carbonyl (C=O) groups is 1. The number of anilines is 1. The van der Waals surface area contributed by atoms with Crippen LogP contribution in [0.15, 0.2) is 22.7 Å². The molecule has 0 radical (unpaired) electrons. The lowest BCUT2D eigenvalue weighted by molar-refractivity contribution is 0.0935. The minimum Gasteiger partial charge on any atom is -0.398 e. The zero-order chi connectivity index (χ0) is 12.1. The summed E-state index contributed by atoms with van der Waals surface area (Å²) in [5.41, 5.74) is 6.62. The molecule has 0 bridgehead atoms. The van der Waals surface area contributed by atoms with E-state index in [0.29, 0.717) is 17.7 Å². The largest absolute Gasteiger partial charge is 0.398 e. The van der Waals surface area contributed by atoms with Crippen molar-refractivity contribution in [3.8, 4) is 0 Å². The van der Waals surface area contributed by atoms with Gasteiger partial charge in [-0.3, -0.25) is 4.79 Å². The summed E-state index contributed by atoms with van der Waals surface area (Å²) in [4.78, 5) is 11.8. The van der Waals surface area contributed by atoms with Crippen molar-refractivity contribution < 1.29 is 9.90 Å². The van der Waals surface area contributed by atoms with Gasteiger partial charge in [-0.05, 0) is 31.5 Å². The van der Waals surface area contributed by atoms with E-state index in [0.717, 1.165) is 4.47 Å². The van der Waals surface area contributed by atoms with Crippen LogP contribution in [0.1, 0.15) is 23.7 Å². The van der Waals surface area contributed by atoms with Crippen molar-refractivity contribution in [2.45, 2.75) is 19.4 Å². The van der Waals surface area contributed by atoms with Crippen LogP contribution in [-0.4, -0.2) is 23.7 Å². The summed E-state index contributed by atoms with van der Waals surface area (Å²) in [5.74, 6) is -0.217. The number of benzene rings is 1. The molecule has 4 N–H and O–H groups in total. The molecule has 0 saturated heterocycles. The first-order valence-corrected chi connectivity index (χ1v) is 5.80. The lowest BCUT2D eigenvalue weighted by atomic mass is 10.1. The van der Waals surface area contributed by atoms with Gasteiger partial charge in [-0.1, -0.05) is 15.9 Å². The maximum atomic E-state index is 11.8. The fourth-order valence-electron chi connectivity index (χ4n) is 1.31. The Balaban J connectivity index is 2.73. The van der Waals surface area contributed by atoms with E-state index >= 15 is 0 Å². The molecule has 0 aliphatic rings. The van der Waals surface area contributed by atoms with Gasteiger partial charge >= 0.3 is 0 Å². The van der Waals surface area contributed by atoms with E-state index in [2.05, 4.69) is 21.2 Å². The SMILES string of the molecule is CC(CCO)NC(=O)c1ccc(Br)cc1N. The highest BCUT2D eigenvalue weighted by atomic mass is 79.9. The molecule has 1 aromatic rings. The molecular weight excluding hydrogens is 272 g/mol. The zero-order valence-corrected chi connectivity index (χ0v) is 10.6. The van der Waals surface area contributed by atoms with E-state index in [1.165, 1.54) is 0 Å². The molecule has 0 aromatic heterocycles. The maximum absolute atomic E-state index is 11.8. The Kier molecular flexibility index (Phi) is 4.76. The van der Waals surface area contributed by atoms with Gasteiger partial charge in [0, 0.05) is 22.8 Å². The second-order valence-electron chi connectivity index (χ2n) is 3.62. The minimum atomic E-state index is -0.217. The van der Waals surface area contributed by atoms with Crippen LogP contribution in [0.5, 0.6) is 0 Å². The average Bonchev–Trinajstić information content (AvgIpc) is 2.17. The molecule has 1 amide bonds. The van der Waals surface area contributed by atoms with Gasteiger partial charge in [0.05, 0.1) is 5.56 Å². The average molecular weight is 287 g/mol. The Hall–Kier alpha value is -1.07. The number of carbonyl (C=O) groups excluding carboxylic acids is 1. The number of halogens is 1. The number of nitrogens with two attached hydrogens (primary N) is 1. The molecule has 88 valence electrons. The molecular formula is C11H15BrN2O2. The van der Waals surface area contributed by atoms with Crippen molar-refractivity contribution >= 4 is 27.5 Å². The summed E-state index contributed by atoms with van der Waals surface area (Å²) in [6.45, 7) is 1.89. The molecule has 5 heteroatoms. The van der Waals surface area contributed by atoms with Gasteiger partial charge in [0.25, 0.3) is 5.91 Å². The van der Waals surface area contributed by atoms with Crippen molar-refractivity contribution in [2.24, 2.45) is 0 Å². The van der Waals surface area contributed by atoms with Gasteiger partial charge in [-0.15, -0.1) is 0 Å². The van der Waals surface area contributed by atoms with E-state index in [1.807, 2.05) is 6.92 Å². The first kappa shape index (κ1) is 13.0. The lowest BCUT2D eigenvalue weighted by Gasteiger charge is -2.13. The molecule has 1 aromatic carbocycles. The number of nitrogens with one attached hydrogen (secondary N) is 1. The molecule has 4 nitrogen and oxygen atoms in total. The minimum absolute atomic E-state index is 0.0528. The molecule has 16 heavy (non-hydrogen) atoms. The Labute approximate surface area is 103 Å². The smallest absolute Gasteiger partial charge is 0.253 e. The number of hydrogen-bond donors (Lipinski definition) is 3. The van der Waals surface area contributed by atoms with Gasteiger partial charge in [-0.2, -0.15) is 0 Å². The maximum Gasteiger partial charge on any atom is 0.253 e. The van der Waals surface area contributed by atoms with Crippen LogP contribution >= 0.6 is 15.9 Å². The van der Waals surface area contributed by atoms with Crippen LogP contribution in [0.2, 0.25) is 0 Å². The normalized spacial score (nSPS) is 12.2. The molecule has 0 spiro atoms. The van der Waals surface area contributed by atoms with Crippen LogP contribution in [0.3, 0.4) is 0 Å². The van der Waals surface area contributed by atoms with Gasteiger partial charge in [0.15, 0.2) is 0 Å². The van der Waals surface area contributed by atoms with Crippen LogP contribution in [0.25, 0.3) is 0 Å². The third-order valence-electron chi connectivity index (χ3n) is 2.20. The summed E-state index contributed by atoms with van der Waals surface area (Å²) < 4.78 is 0.838. The van der Waals surface area contributed by atoms with Crippen LogP contribution < -0.4 is 11.1 Å². The van der Waals surface area contributed by atoms with Crippen LogP contribution in [0, 0.1) is 0 Å². The highest BCUT2D eigenvalue weighted by Crippen LogP contribution is 2.18. The number of hydrogen-bond acceptors (Lipinski definition) is 3. The number of aliphatic hydroxyl groups excluding tert-OH is 1. The zero-order valence-electron chi connectivity index (χ0n) is 9.03. The third-order valence-corrected chi connectivity index (χ3v) is 2.69. The van der Waals surface area contributed by atoms with E-state index in [1.54, 1.807) is 18.2 Å². The van der Waals surface area contributed by atoms with Crippen molar-refractivity contribution in [1.29, 1.82) is 0 Å². The van der Waals surface area contributed by atoms with E-state index in [9.17, 15) is 4.79 Å². The Morgan fingerprint density at radius 3 is 2.88 bits per heavy atom. The molecule has 1 rings (SSSR count). The first-order chi connectivity index (χ1) is 7.54. The summed E-state index contributed by atoms with van der Waals surface area (Å²) in [6.07, 6.45) is 0.530. The van der Waals surface area contributed by atoms with E-state index in [4.69, 9.17) is 10.8 Å². The number of nitrogen functional groups attached to an aromatic ring is 1. The van der Waals surface area contributed by atoms with Gasteiger partial charge in [0.2, 0.25) is 0 Å². The molecule has 0 saturated carbocycles. The molecule has 0 aliphatic carbocycles. The summed E-state index contributed by atoms with van der Waals surface area (Å²) in [7, 11) is 0. The number of aliphatic hydroxyl groups is 1. The predicted octanol–water partition coefficient (Wildman–Crippen LogP) is 1.53. The highest BCUT2D eigenvalue weighted by molar-refractivity contribution is 9.10. The number of rotatable bonds is 4. The van der Waals surface area contributed by atoms with Crippen molar-refractivity contribution in [2.75, 3.05) is 12.3 Å². The first-order valence-electron chi connectivity index (χ1n) is 5.01. The fourth-order valence-corrected chi connectivity index (χ4v) is 1.69. The lowest BCUT2D eigenvalue weighted by Crippen LogP contribution is -2.33. The Morgan fingerprint density at radius 1 is 1.62 bits per heavy atom. The Morgan fingerprint density at radius 2 is 2.31 bits per heavy atom. The quantitative estimate of drug-likeness (QED) is 0.735. The van der Waals surface area contributed by atoms with Crippen molar-refractivity contribution in [1.82, 2.24) is 5.32 Å².